The van der Waals surface area contributed by atoms with Gasteiger partial charge in [0.25, 0.3) is 0 Å². The highest BCUT2D eigenvalue weighted by Crippen LogP contribution is 2.32. The predicted octanol–water partition coefficient (Wildman–Crippen LogP) is 3.94. The van der Waals surface area contributed by atoms with Gasteiger partial charge in [0.05, 0.1) is 5.56 Å². The van der Waals surface area contributed by atoms with Gasteiger partial charge >= 0.3 is 6.18 Å². The molecule has 0 bridgehead atoms. The van der Waals surface area contributed by atoms with E-state index >= 15 is 0 Å². The lowest BCUT2D eigenvalue weighted by Gasteiger charge is -2.09. The molecule has 78 valence electrons. The fourth-order valence-electron chi connectivity index (χ4n) is 1.09. The monoisotopic (exact) mass is 284 g/mol. The van der Waals surface area contributed by atoms with Gasteiger partial charge in [-0.2, -0.15) is 25.8 Å². The van der Waals surface area contributed by atoms with Crippen LogP contribution in [0.3, 0.4) is 0 Å². The minimum absolute atomic E-state index is 0.448. The maximum absolute atomic E-state index is 12.3. The number of benzene rings is 1. The molecule has 0 saturated heterocycles. The average Bonchev–Trinajstić information content (AvgIpc) is 2.02. The summed E-state index contributed by atoms with van der Waals surface area (Å²) in [5, 5.41) is 0. The summed E-state index contributed by atoms with van der Waals surface area (Å²) in [6.07, 6.45) is -3.75. The highest BCUT2D eigenvalue weighted by molar-refractivity contribution is 9.10. The van der Waals surface area contributed by atoms with Crippen molar-refractivity contribution >= 4 is 28.6 Å². The molecular weight excluding hydrogens is 277 g/mol. The standard InChI is InChI=1S/C9H8BrF3S/c10-8-4-6(1-2-14)3-7(5-8)9(11,12)13/h3-5,14H,1-2H2. The summed E-state index contributed by atoms with van der Waals surface area (Å²) in [4.78, 5) is 0. The highest BCUT2D eigenvalue weighted by Gasteiger charge is 2.30. The van der Waals surface area contributed by atoms with E-state index in [1.807, 2.05) is 0 Å². The second-order valence-electron chi connectivity index (χ2n) is 2.82. The number of aryl methyl sites for hydroxylation is 1. The fraction of sp³-hybridized carbons (Fsp3) is 0.333. The first kappa shape index (κ1) is 11.9. The predicted molar refractivity (Wildman–Crippen MR) is 56.7 cm³/mol. The topological polar surface area (TPSA) is 0 Å². The van der Waals surface area contributed by atoms with Crippen LogP contribution >= 0.6 is 28.6 Å². The molecule has 0 saturated carbocycles. The van der Waals surface area contributed by atoms with E-state index in [9.17, 15) is 13.2 Å². The van der Waals surface area contributed by atoms with E-state index in [2.05, 4.69) is 28.6 Å². The van der Waals surface area contributed by atoms with E-state index in [1.165, 1.54) is 0 Å². The molecule has 0 unspecified atom stereocenters. The maximum Gasteiger partial charge on any atom is 0.416 e. The molecule has 0 atom stereocenters. The van der Waals surface area contributed by atoms with Crippen LogP contribution in [0.5, 0.6) is 0 Å². The largest absolute Gasteiger partial charge is 0.416 e. The van der Waals surface area contributed by atoms with E-state index in [0.29, 0.717) is 22.2 Å². The number of hydrogen-bond donors (Lipinski definition) is 1. The van der Waals surface area contributed by atoms with Crippen molar-refractivity contribution in [2.45, 2.75) is 12.6 Å². The average molecular weight is 285 g/mol. The Bertz CT molecular complexity index is 322. The van der Waals surface area contributed by atoms with Crippen LogP contribution in [0.2, 0.25) is 0 Å². The van der Waals surface area contributed by atoms with Gasteiger partial charge in [-0.15, -0.1) is 0 Å². The van der Waals surface area contributed by atoms with Gasteiger partial charge in [-0.1, -0.05) is 15.9 Å². The zero-order valence-corrected chi connectivity index (χ0v) is 9.59. The lowest BCUT2D eigenvalue weighted by atomic mass is 10.1. The summed E-state index contributed by atoms with van der Waals surface area (Å²) in [7, 11) is 0. The van der Waals surface area contributed by atoms with Crippen LogP contribution in [-0.4, -0.2) is 5.75 Å². The molecular formula is C9H8BrF3S. The van der Waals surface area contributed by atoms with E-state index in [4.69, 9.17) is 0 Å². The Kier molecular flexibility index (Phi) is 3.89. The molecule has 1 aromatic rings. The Hall–Kier alpha value is -0.160. The van der Waals surface area contributed by atoms with E-state index in [1.54, 1.807) is 6.07 Å². The Morgan fingerprint density at radius 1 is 1.21 bits per heavy atom. The summed E-state index contributed by atoms with van der Waals surface area (Å²) in [5.74, 6) is 0.535. The summed E-state index contributed by atoms with van der Waals surface area (Å²) < 4.78 is 37.5. The van der Waals surface area contributed by atoms with Crippen LogP contribution in [0.25, 0.3) is 0 Å². The summed E-state index contributed by atoms with van der Waals surface area (Å²) in [6, 6.07) is 3.90. The van der Waals surface area contributed by atoms with E-state index in [0.717, 1.165) is 12.1 Å². The van der Waals surface area contributed by atoms with Crippen molar-refractivity contribution in [3.05, 3.63) is 33.8 Å². The number of alkyl halides is 3. The zero-order chi connectivity index (χ0) is 10.8. The van der Waals surface area contributed by atoms with Gasteiger partial charge in [0, 0.05) is 4.47 Å². The van der Waals surface area contributed by atoms with Crippen molar-refractivity contribution in [2.24, 2.45) is 0 Å². The van der Waals surface area contributed by atoms with Crippen LogP contribution in [0.1, 0.15) is 11.1 Å². The molecule has 5 heteroatoms. The number of hydrogen-bond acceptors (Lipinski definition) is 1. The molecule has 1 rings (SSSR count). The number of halogens is 4. The molecule has 0 aliphatic rings. The van der Waals surface area contributed by atoms with Crippen LogP contribution in [-0.2, 0) is 12.6 Å². The van der Waals surface area contributed by atoms with E-state index in [-0.39, 0.29) is 0 Å². The van der Waals surface area contributed by atoms with Crippen molar-refractivity contribution in [1.29, 1.82) is 0 Å². The quantitative estimate of drug-likeness (QED) is 0.782. The van der Waals surface area contributed by atoms with Gasteiger partial charge < -0.3 is 0 Å². The van der Waals surface area contributed by atoms with Crippen molar-refractivity contribution in [3.63, 3.8) is 0 Å². The smallest absolute Gasteiger partial charge is 0.179 e. The SMILES string of the molecule is FC(F)(F)c1cc(Br)cc(CCS)c1. The zero-order valence-electron chi connectivity index (χ0n) is 7.11. The minimum Gasteiger partial charge on any atom is -0.179 e. The van der Waals surface area contributed by atoms with Crippen molar-refractivity contribution in [3.8, 4) is 0 Å². The first-order valence-corrected chi connectivity index (χ1v) is 5.33. The molecule has 0 N–H and O–H groups in total. The Labute approximate surface area is 94.0 Å². The highest BCUT2D eigenvalue weighted by atomic mass is 79.9. The molecule has 14 heavy (non-hydrogen) atoms. The minimum atomic E-state index is -4.28. The normalized spacial score (nSPS) is 11.8. The molecule has 0 aliphatic heterocycles. The lowest BCUT2D eigenvalue weighted by Crippen LogP contribution is -2.05. The summed E-state index contributed by atoms with van der Waals surface area (Å²) in [5.41, 5.74) is 0.0189. The Balaban J connectivity index is 3.07. The molecule has 0 aliphatic carbocycles. The molecule has 0 nitrogen and oxygen atoms in total. The van der Waals surface area contributed by atoms with Crippen LogP contribution in [0.4, 0.5) is 13.2 Å². The Morgan fingerprint density at radius 2 is 1.86 bits per heavy atom. The lowest BCUT2D eigenvalue weighted by molar-refractivity contribution is -0.137. The van der Waals surface area contributed by atoms with Crippen molar-refractivity contribution in [2.75, 3.05) is 5.75 Å². The molecule has 0 amide bonds. The van der Waals surface area contributed by atoms with Gasteiger partial charge in [0.1, 0.15) is 0 Å². The Morgan fingerprint density at radius 3 is 2.36 bits per heavy atom. The van der Waals surface area contributed by atoms with Crippen molar-refractivity contribution < 1.29 is 13.2 Å². The first-order chi connectivity index (χ1) is 6.43. The molecule has 0 spiro atoms. The second-order valence-corrected chi connectivity index (χ2v) is 4.18. The summed E-state index contributed by atoms with van der Waals surface area (Å²) in [6.45, 7) is 0. The van der Waals surface area contributed by atoms with Gasteiger partial charge in [-0.05, 0) is 35.9 Å². The fourth-order valence-corrected chi connectivity index (χ4v) is 1.89. The van der Waals surface area contributed by atoms with Crippen LogP contribution < -0.4 is 0 Å². The van der Waals surface area contributed by atoms with Crippen LogP contribution in [0, 0.1) is 0 Å². The van der Waals surface area contributed by atoms with Gasteiger partial charge in [-0.3, -0.25) is 0 Å². The maximum atomic E-state index is 12.3. The van der Waals surface area contributed by atoms with Gasteiger partial charge in [0.15, 0.2) is 0 Å². The molecule has 0 aromatic heterocycles. The molecule has 0 heterocycles. The third kappa shape index (κ3) is 3.20. The first-order valence-electron chi connectivity index (χ1n) is 3.91. The van der Waals surface area contributed by atoms with Gasteiger partial charge in [-0.25, -0.2) is 0 Å². The number of rotatable bonds is 2. The van der Waals surface area contributed by atoms with Crippen molar-refractivity contribution in [1.82, 2.24) is 0 Å². The molecule has 0 fully saturated rings. The third-order valence-corrected chi connectivity index (χ3v) is 2.37. The molecule has 0 radical (unpaired) electrons. The molecule has 1 aromatic carbocycles. The third-order valence-electron chi connectivity index (χ3n) is 1.69. The second kappa shape index (κ2) is 4.57. The van der Waals surface area contributed by atoms with E-state index < -0.39 is 11.7 Å². The van der Waals surface area contributed by atoms with Gasteiger partial charge in [0.2, 0.25) is 0 Å². The summed E-state index contributed by atoms with van der Waals surface area (Å²) >= 11 is 7.03. The van der Waals surface area contributed by atoms with Crippen LogP contribution in [0.15, 0.2) is 22.7 Å². The number of thiol groups is 1.